The molecule has 0 heterocycles. The molecule has 4 nitrogen and oxygen atoms in total. The highest BCUT2D eigenvalue weighted by Crippen LogP contribution is 2.32. The molecule has 1 atom stereocenters. The zero-order valence-corrected chi connectivity index (χ0v) is 14.6. The Kier molecular flexibility index (Phi) is 5.82. The van der Waals surface area contributed by atoms with Crippen molar-refractivity contribution in [2.75, 3.05) is 5.32 Å². The summed E-state index contributed by atoms with van der Waals surface area (Å²) in [5, 5.41) is 2.91. The van der Waals surface area contributed by atoms with Gasteiger partial charge in [0.1, 0.15) is 0 Å². The quantitative estimate of drug-likeness (QED) is 0.828. The average Bonchev–Trinajstić information content (AvgIpc) is 2.37. The van der Waals surface area contributed by atoms with E-state index >= 15 is 0 Å². The molecule has 0 saturated heterocycles. The molecular weight excluding hydrogens is 310 g/mol. The van der Waals surface area contributed by atoms with E-state index in [0.717, 1.165) is 12.0 Å². The molecule has 0 bridgehead atoms. The second-order valence-electron chi connectivity index (χ2n) is 5.60. The Morgan fingerprint density at radius 1 is 1.29 bits per heavy atom. The molecule has 21 heavy (non-hydrogen) atoms. The predicted octanol–water partition coefficient (Wildman–Crippen LogP) is 4.03. The van der Waals surface area contributed by atoms with Crippen LogP contribution in [0, 0.1) is 12.8 Å². The van der Waals surface area contributed by atoms with Crippen LogP contribution in [0.1, 0.15) is 51.2 Å². The van der Waals surface area contributed by atoms with Gasteiger partial charge in [0.2, 0.25) is 5.91 Å². The van der Waals surface area contributed by atoms with E-state index in [2.05, 4.69) is 5.32 Å². The highest BCUT2D eigenvalue weighted by molar-refractivity contribution is 8.13. The van der Waals surface area contributed by atoms with Gasteiger partial charge in [0.25, 0.3) is 9.05 Å². The number of anilines is 1. The molecule has 0 aliphatic heterocycles. The van der Waals surface area contributed by atoms with Crippen LogP contribution in [0.25, 0.3) is 0 Å². The predicted molar refractivity (Wildman–Crippen MR) is 86.4 cm³/mol. The molecule has 1 rings (SSSR count). The number of aryl methyl sites for hydroxylation is 1. The number of carbonyl (C=O) groups excluding carboxylic acids is 1. The second kappa shape index (κ2) is 6.79. The molecular formula is C15H22ClNO3S. The molecule has 118 valence electrons. The van der Waals surface area contributed by atoms with Crippen molar-refractivity contribution >= 4 is 31.3 Å². The Balaban J connectivity index is 3.36. The van der Waals surface area contributed by atoms with Crippen LogP contribution < -0.4 is 5.32 Å². The van der Waals surface area contributed by atoms with Crippen LogP contribution >= 0.6 is 10.7 Å². The first-order valence-corrected chi connectivity index (χ1v) is 9.28. The fourth-order valence-corrected chi connectivity index (χ4v) is 2.83. The third kappa shape index (κ3) is 4.45. The average molecular weight is 332 g/mol. The molecule has 0 radical (unpaired) electrons. The lowest BCUT2D eigenvalue weighted by atomic mass is 9.97. The first-order chi connectivity index (χ1) is 9.57. The minimum atomic E-state index is -3.79. The molecule has 1 aromatic rings. The van der Waals surface area contributed by atoms with E-state index in [1.54, 1.807) is 6.92 Å². The topological polar surface area (TPSA) is 63.2 Å². The van der Waals surface area contributed by atoms with Crippen LogP contribution in [-0.4, -0.2) is 14.3 Å². The SMILES string of the molecule is CCC(C)C(=O)Nc1c(C)cc(S(=O)(=O)Cl)cc1C(C)C. The van der Waals surface area contributed by atoms with E-state index in [9.17, 15) is 13.2 Å². The third-order valence-electron chi connectivity index (χ3n) is 3.55. The van der Waals surface area contributed by atoms with Gasteiger partial charge in [0.15, 0.2) is 0 Å². The van der Waals surface area contributed by atoms with E-state index in [-0.39, 0.29) is 22.6 Å². The van der Waals surface area contributed by atoms with Gasteiger partial charge in [-0.1, -0.05) is 27.7 Å². The van der Waals surface area contributed by atoms with Gasteiger partial charge in [-0.15, -0.1) is 0 Å². The van der Waals surface area contributed by atoms with Crippen molar-refractivity contribution in [1.82, 2.24) is 0 Å². The van der Waals surface area contributed by atoms with Gasteiger partial charge in [-0.05, 0) is 42.5 Å². The summed E-state index contributed by atoms with van der Waals surface area (Å²) in [4.78, 5) is 12.2. The summed E-state index contributed by atoms with van der Waals surface area (Å²) in [6.07, 6.45) is 0.746. The van der Waals surface area contributed by atoms with Crippen LogP contribution in [0.3, 0.4) is 0 Å². The fourth-order valence-electron chi connectivity index (χ4n) is 1.98. The third-order valence-corrected chi connectivity index (χ3v) is 4.88. The maximum atomic E-state index is 12.1. The van der Waals surface area contributed by atoms with Gasteiger partial charge in [0, 0.05) is 22.3 Å². The van der Waals surface area contributed by atoms with Gasteiger partial charge < -0.3 is 5.32 Å². The molecule has 1 N–H and O–H groups in total. The number of rotatable bonds is 5. The number of benzene rings is 1. The fraction of sp³-hybridized carbons (Fsp3) is 0.533. The summed E-state index contributed by atoms with van der Waals surface area (Å²) < 4.78 is 23.1. The van der Waals surface area contributed by atoms with E-state index < -0.39 is 9.05 Å². The maximum absolute atomic E-state index is 12.1. The van der Waals surface area contributed by atoms with Crippen molar-refractivity contribution in [3.63, 3.8) is 0 Å². The zero-order chi connectivity index (χ0) is 16.4. The molecule has 0 spiro atoms. The molecule has 6 heteroatoms. The molecule has 0 aliphatic rings. The molecule has 1 unspecified atom stereocenters. The van der Waals surface area contributed by atoms with Gasteiger partial charge in [-0.25, -0.2) is 8.42 Å². The van der Waals surface area contributed by atoms with Crippen LogP contribution in [0.15, 0.2) is 17.0 Å². The summed E-state index contributed by atoms with van der Waals surface area (Å²) in [5.74, 6) is -0.0980. The summed E-state index contributed by atoms with van der Waals surface area (Å²) in [5.41, 5.74) is 2.14. The molecule has 0 aliphatic carbocycles. The lowest BCUT2D eigenvalue weighted by molar-refractivity contribution is -0.119. The Morgan fingerprint density at radius 3 is 2.29 bits per heavy atom. The lowest BCUT2D eigenvalue weighted by Crippen LogP contribution is -2.21. The van der Waals surface area contributed by atoms with Crippen molar-refractivity contribution < 1.29 is 13.2 Å². The molecule has 0 aromatic heterocycles. The number of nitrogens with one attached hydrogen (secondary N) is 1. The Morgan fingerprint density at radius 2 is 1.86 bits per heavy atom. The van der Waals surface area contributed by atoms with Crippen molar-refractivity contribution in [2.24, 2.45) is 5.92 Å². The Labute approximate surface area is 131 Å². The van der Waals surface area contributed by atoms with E-state index in [1.807, 2.05) is 27.7 Å². The van der Waals surface area contributed by atoms with Crippen molar-refractivity contribution in [2.45, 2.75) is 51.9 Å². The zero-order valence-electron chi connectivity index (χ0n) is 13.0. The smallest absolute Gasteiger partial charge is 0.261 e. The second-order valence-corrected chi connectivity index (χ2v) is 8.16. The summed E-state index contributed by atoms with van der Waals surface area (Å²) in [6, 6.07) is 3.02. The minimum Gasteiger partial charge on any atom is -0.325 e. The molecule has 1 aromatic carbocycles. The Hall–Kier alpha value is -1.07. The standard InChI is InChI=1S/C15H22ClNO3S/c1-6-10(4)15(18)17-14-11(5)7-12(21(16,19)20)8-13(14)9(2)3/h7-10H,6H2,1-5H3,(H,17,18). The first kappa shape index (κ1) is 18.0. The number of hydrogen-bond donors (Lipinski definition) is 1. The van der Waals surface area contributed by atoms with Crippen LogP contribution in [0.2, 0.25) is 0 Å². The summed E-state index contributed by atoms with van der Waals surface area (Å²) in [7, 11) is 1.63. The van der Waals surface area contributed by atoms with Crippen molar-refractivity contribution in [1.29, 1.82) is 0 Å². The largest absolute Gasteiger partial charge is 0.325 e. The summed E-state index contributed by atoms with van der Waals surface area (Å²) in [6.45, 7) is 9.46. The van der Waals surface area contributed by atoms with Crippen molar-refractivity contribution in [3.8, 4) is 0 Å². The highest BCUT2D eigenvalue weighted by Gasteiger charge is 2.20. The number of hydrogen-bond acceptors (Lipinski definition) is 3. The lowest BCUT2D eigenvalue weighted by Gasteiger charge is -2.19. The van der Waals surface area contributed by atoms with Crippen LogP contribution in [0.4, 0.5) is 5.69 Å². The molecule has 0 saturated carbocycles. The van der Waals surface area contributed by atoms with Crippen molar-refractivity contribution in [3.05, 3.63) is 23.3 Å². The normalized spacial score (nSPS) is 13.3. The number of halogens is 1. The van der Waals surface area contributed by atoms with Gasteiger partial charge in [-0.3, -0.25) is 4.79 Å². The van der Waals surface area contributed by atoms with E-state index in [1.165, 1.54) is 12.1 Å². The van der Waals surface area contributed by atoms with E-state index in [0.29, 0.717) is 11.3 Å². The molecule has 1 amide bonds. The Bertz CT molecular complexity index is 639. The minimum absolute atomic E-state index is 0.0619. The number of amides is 1. The summed E-state index contributed by atoms with van der Waals surface area (Å²) >= 11 is 0. The highest BCUT2D eigenvalue weighted by atomic mass is 35.7. The van der Waals surface area contributed by atoms with Crippen LogP contribution in [-0.2, 0) is 13.8 Å². The molecule has 0 fully saturated rings. The van der Waals surface area contributed by atoms with Gasteiger partial charge in [-0.2, -0.15) is 0 Å². The van der Waals surface area contributed by atoms with Gasteiger partial charge in [0.05, 0.1) is 4.90 Å². The first-order valence-electron chi connectivity index (χ1n) is 6.98. The maximum Gasteiger partial charge on any atom is 0.261 e. The number of carbonyl (C=O) groups is 1. The van der Waals surface area contributed by atoms with Crippen LogP contribution in [0.5, 0.6) is 0 Å². The monoisotopic (exact) mass is 331 g/mol. The van der Waals surface area contributed by atoms with E-state index in [4.69, 9.17) is 10.7 Å². The van der Waals surface area contributed by atoms with Gasteiger partial charge >= 0.3 is 0 Å².